The van der Waals surface area contributed by atoms with Gasteiger partial charge in [-0.2, -0.15) is 10.2 Å². The number of pyridine rings is 1. The normalized spacial score (nSPS) is 18.9. The van der Waals surface area contributed by atoms with Gasteiger partial charge in [-0.3, -0.25) is 9.67 Å². The predicted molar refractivity (Wildman–Crippen MR) is 83.6 cm³/mol. The number of fused-ring (bicyclic) bond motifs is 1. The molecule has 0 aromatic carbocycles. The number of hydrogen-bond donors (Lipinski definition) is 0. The second-order valence-electron chi connectivity index (χ2n) is 5.55. The first-order valence-corrected chi connectivity index (χ1v) is 7.74. The molecule has 0 amide bonds. The number of aromatic nitrogens is 5. The van der Waals surface area contributed by atoms with Gasteiger partial charge in [0.15, 0.2) is 11.4 Å². The molecule has 1 saturated heterocycles. The molecule has 7 heteroatoms. The van der Waals surface area contributed by atoms with E-state index < -0.39 is 0 Å². The first-order valence-electron chi connectivity index (χ1n) is 7.37. The van der Waals surface area contributed by atoms with E-state index >= 15 is 0 Å². The lowest BCUT2D eigenvalue weighted by atomic mass is 10.2. The number of rotatable bonds is 2. The van der Waals surface area contributed by atoms with E-state index in [9.17, 15) is 0 Å². The van der Waals surface area contributed by atoms with Gasteiger partial charge in [-0.25, -0.2) is 4.68 Å². The van der Waals surface area contributed by atoms with E-state index in [1.165, 1.54) is 0 Å². The Hall–Kier alpha value is -1.92. The Balaban J connectivity index is 1.79. The SMILES string of the molecule is Cn1cc(-c2cc3c(Cl)nn(C4CCCCO4)c3cn2)cn1. The third-order valence-electron chi connectivity index (χ3n) is 3.98. The largest absolute Gasteiger partial charge is 0.356 e. The molecule has 3 aromatic rings. The molecule has 1 fully saturated rings. The van der Waals surface area contributed by atoms with E-state index in [1.807, 2.05) is 30.2 Å². The van der Waals surface area contributed by atoms with Gasteiger partial charge in [0, 0.05) is 30.8 Å². The fraction of sp³-hybridized carbons (Fsp3) is 0.400. The van der Waals surface area contributed by atoms with Crippen LogP contribution in [0.25, 0.3) is 22.2 Å². The van der Waals surface area contributed by atoms with Gasteiger partial charge in [0.1, 0.15) is 0 Å². The number of nitrogens with zero attached hydrogens (tertiary/aromatic N) is 5. The van der Waals surface area contributed by atoms with Gasteiger partial charge in [-0.05, 0) is 25.3 Å². The molecule has 4 rings (SSSR count). The van der Waals surface area contributed by atoms with Crippen LogP contribution in [0.4, 0.5) is 0 Å². The lowest BCUT2D eigenvalue weighted by molar-refractivity contribution is -0.0366. The van der Waals surface area contributed by atoms with Gasteiger partial charge < -0.3 is 4.74 Å². The maximum absolute atomic E-state index is 6.33. The van der Waals surface area contributed by atoms with Crippen LogP contribution in [0.5, 0.6) is 0 Å². The molecule has 3 aromatic heterocycles. The molecule has 0 bridgehead atoms. The molecule has 0 N–H and O–H groups in total. The highest BCUT2D eigenvalue weighted by atomic mass is 35.5. The smallest absolute Gasteiger partial charge is 0.159 e. The number of hydrogen-bond acceptors (Lipinski definition) is 4. The summed E-state index contributed by atoms with van der Waals surface area (Å²) in [6.45, 7) is 0.769. The van der Waals surface area contributed by atoms with E-state index in [2.05, 4.69) is 15.2 Å². The molecule has 0 radical (unpaired) electrons. The van der Waals surface area contributed by atoms with Gasteiger partial charge in [0.05, 0.1) is 23.6 Å². The molecule has 1 aliphatic rings. The maximum Gasteiger partial charge on any atom is 0.159 e. The van der Waals surface area contributed by atoms with Crippen molar-refractivity contribution in [2.24, 2.45) is 7.05 Å². The third-order valence-corrected chi connectivity index (χ3v) is 4.26. The summed E-state index contributed by atoms with van der Waals surface area (Å²) in [6.07, 6.45) is 8.69. The summed E-state index contributed by atoms with van der Waals surface area (Å²) in [5, 5.41) is 10.0. The van der Waals surface area contributed by atoms with E-state index in [4.69, 9.17) is 16.3 Å². The first kappa shape index (κ1) is 13.7. The fourth-order valence-corrected chi connectivity index (χ4v) is 3.08. The van der Waals surface area contributed by atoms with Crippen molar-refractivity contribution in [2.45, 2.75) is 25.5 Å². The maximum atomic E-state index is 6.33. The minimum atomic E-state index is -0.0465. The molecule has 1 atom stereocenters. The van der Waals surface area contributed by atoms with Crippen LogP contribution in [0.15, 0.2) is 24.7 Å². The van der Waals surface area contributed by atoms with E-state index in [0.717, 1.165) is 48.0 Å². The summed E-state index contributed by atoms with van der Waals surface area (Å²) >= 11 is 6.33. The monoisotopic (exact) mass is 317 g/mol. The lowest BCUT2D eigenvalue weighted by Gasteiger charge is -2.23. The van der Waals surface area contributed by atoms with Crippen molar-refractivity contribution >= 4 is 22.5 Å². The van der Waals surface area contributed by atoms with Gasteiger partial charge >= 0.3 is 0 Å². The Bertz CT molecular complexity index is 819. The van der Waals surface area contributed by atoms with Crippen molar-refractivity contribution in [3.63, 3.8) is 0 Å². The van der Waals surface area contributed by atoms with Crippen LogP contribution >= 0.6 is 11.6 Å². The van der Waals surface area contributed by atoms with Crippen molar-refractivity contribution in [2.75, 3.05) is 6.61 Å². The summed E-state index contributed by atoms with van der Waals surface area (Å²) in [7, 11) is 1.88. The summed E-state index contributed by atoms with van der Waals surface area (Å²) in [4.78, 5) is 4.53. The molecule has 0 aliphatic carbocycles. The van der Waals surface area contributed by atoms with Crippen LogP contribution in [-0.4, -0.2) is 31.2 Å². The number of ether oxygens (including phenoxy) is 1. The lowest BCUT2D eigenvalue weighted by Crippen LogP contribution is -2.19. The van der Waals surface area contributed by atoms with Crippen LogP contribution in [-0.2, 0) is 11.8 Å². The second kappa shape index (κ2) is 5.37. The van der Waals surface area contributed by atoms with Crippen molar-refractivity contribution in [3.05, 3.63) is 29.8 Å². The van der Waals surface area contributed by atoms with Gasteiger partial charge in [-0.1, -0.05) is 11.6 Å². The quantitative estimate of drug-likeness (QED) is 0.728. The molecule has 22 heavy (non-hydrogen) atoms. The van der Waals surface area contributed by atoms with E-state index in [0.29, 0.717) is 5.15 Å². The molecule has 1 unspecified atom stereocenters. The Morgan fingerprint density at radius 1 is 1.32 bits per heavy atom. The third kappa shape index (κ3) is 2.28. The summed E-state index contributed by atoms with van der Waals surface area (Å²) in [5.41, 5.74) is 2.71. The summed E-state index contributed by atoms with van der Waals surface area (Å²) < 4.78 is 9.41. The van der Waals surface area contributed by atoms with Crippen LogP contribution in [0.1, 0.15) is 25.5 Å². The number of halogens is 1. The fourth-order valence-electron chi connectivity index (χ4n) is 2.85. The van der Waals surface area contributed by atoms with Crippen molar-refractivity contribution in [1.82, 2.24) is 24.5 Å². The van der Waals surface area contributed by atoms with E-state index in [-0.39, 0.29) is 6.23 Å². The highest BCUT2D eigenvalue weighted by molar-refractivity contribution is 6.34. The average molecular weight is 318 g/mol. The van der Waals surface area contributed by atoms with Gasteiger partial charge in [0.2, 0.25) is 0 Å². The number of aryl methyl sites for hydroxylation is 1. The second-order valence-corrected chi connectivity index (χ2v) is 5.90. The Labute approximate surface area is 132 Å². The summed E-state index contributed by atoms with van der Waals surface area (Å²) in [6, 6.07) is 1.96. The Kier molecular flexibility index (Phi) is 3.35. The van der Waals surface area contributed by atoms with Gasteiger partial charge in [0.25, 0.3) is 0 Å². The molecular weight excluding hydrogens is 302 g/mol. The first-order chi connectivity index (χ1) is 10.7. The Morgan fingerprint density at radius 2 is 2.23 bits per heavy atom. The minimum absolute atomic E-state index is 0.0465. The minimum Gasteiger partial charge on any atom is -0.356 e. The predicted octanol–water partition coefficient (Wildman–Crippen LogP) is 3.18. The van der Waals surface area contributed by atoms with Crippen molar-refractivity contribution in [3.8, 4) is 11.3 Å². The topological polar surface area (TPSA) is 57.8 Å². The zero-order chi connectivity index (χ0) is 15.1. The van der Waals surface area contributed by atoms with Crippen LogP contribution < -0.4 is 0 Å². The average Bonchev–Trinajstić information content (AvgIpc) is 3.12. The summed E-state index contributed by atoms with van der Waals surface area (Å²) in [5.74, 6) is 0. The zero-order valence-corrected chi connectivity index (χ0v) is 13.0. The molecule has 0 saturated carbocycles. The molecule has 0 spiro atoms. The molecule has 4 heterocycles. The van der Waals surface area contributed by atoms with Gasteiger partial charge in [-0.15, -0.1) is 0 Å². The van der Waals surface area contributed by atoms with Crippen LogP contribution in [0.3, 0.4) is 0 Å². The van der Waals surface area contributed by atoms with Crippen molar-refractivity contribution in [1.29, 1.82) is 0 Å². The van der Waals surface area contributed by atoms with E-state index in [1.54, 1.807) is 10.9 Å². The molecule has 114 valence electrons. The van der Waals surface area contributed by atoms with Crippen LogP contribution in [0.2, 0.25) is 5.15 Å². The van der Waals surface area contributed by atoms with Crippen molar-refractivity contribution < 1.29 is 4.74 Å². The zero-order valence-electron chi connectivity index (χ0n) is 12.2. The Morgan fingerprint density at radius 3 is 2.95 bits per heavy atom. The standard InChI is InChI=1S/C15H16ClN5O/c1-20-9-10(7-18-20)12-6-11-13(8-17-12)21(19-15(11)16)14-4-2-3-5-22-14/h6-9,14H,2-5H2,1H3. The molecule has 6 nitrogen and oxygen atoms in total. The highest BCUT2D eigenvalue weighted by Crippen LogP contribution is 2.31. The highest BCUT2D eigenvalue weighted by Gasteiger charge is 2.21. The molecular formula is C15H16ClN5O. The molecule has 1 aliphatic heterocycles. The van der Waals surface area contributed by atoms with Crippen LogP contribution in [0, 0.1) is 0 Å².